The van der Waals surface area contributed by atoms with Gasteiger partial charge in [0, 0.05) is 12.6 Å². The summed E-state index contributed by atoms with van der Waals surface area (Å²) in [6.45, 7) is 6.76. The van der Waals surface area contributed by atoms with Crippen molar-refractivity contribution in [3.63, 3.8) is 0 Å². The highest BCUT2D eigenvalue weighted by Crippen LogP contribution is 2.23. The minimum Gasteiger partial charge on any atom is -0.495 e. The zero-order valence-corrected chi connectivity index (χ0v) is 13.9. The molecule has 0 aliphatic rings. The number of rotatable bonds is 6. The van der Waals surface area contributed by atoms with E-state index in [9.17, 15) is 4.79 Å². The van der Waals surface area contributed by atoms with Crippen molar-refractivity contribution in [1.82, 2.24) is 9.97 Å². The standard InChI is InChI=1S/C17H22N4O2/c1-11(2)10-18-16-9-14(19-12(3)20-16)17(22)21-13-7-5-6-8-15(13)23-4/h5-9,11H,10H2,1-4H3,(H,21,22)(H,18,19,20). The number of methoxy groups -OCH3 is 1. The first-order valence-electron chi connectivity index (χ1n) is 7.53. The Morgan fingerprint density at radius 3 is 2.70 bits per heavy atom. The molecule has 0 unspecified atom stereocenters. The van der Waals surface area contributed by atoms with Crippen LogP contribution in [0.5, 0.6) is 5.75 Å². The molecule has 0 aliphatic heterocycles. The molecule has 2 aromatic rings. The van der Waals surface area contributed by atoms with Crippen LogP contribution >= 0.6 is 0 Å². The highest BCUT2D eigenvalue weighted by atomic mass is 16.5. The molecule has 23 heavy (non-hydrogen) atoms. The fourth-order valence-corrected chi connectivity index (χ4v) is 2.02. The first kappa shape index (κ1) is 16.7. The quantitative estimate of drug-likeness (QED) is 0.857. The first-order chi connectivity index (χ1) is 11.0. The monoisotopic (exact) mass is 314 g/mol. The van der Waals surface area contributed by atoms with E-state index in [1.807, 2.05) is 12.1 Å². The molecule has 0 bridgehead atoms. The van der Waals surface area contributed by atoms with E-state index in [2.05, 4.69) is 34.4 Å². The van der Waals surface area contributed by atoms with E-state index >= 15 is 0 Å². The van der Waals surface area contributed by atoms with Gasteiger partial charge in [-0.3, -0.25) is 4.79 Å². The van der Waals surface area contributed by atoms with Gasteiger partial charge in [0.25, 0.3) is 5.91 Å². The van der Waals surface area contributed by atoms with Gasteiger partial charge < -0.3 is 15.4 Å². The van der Waals surface area contributed by atoms with Crippen LogP contribution in [-0.2, 0) is 0 Å². The molecule has 6 heteroatoms. The predicted molar refractivity (Wildman–Crippen MR) is 91.0 cm³/mol. The first-order valence-corrected chi connectivity index (χ1v) is 7.53. The van der Waals surface area contributed by atoms with Crippen molar-refractivity contribution in [1.29, 1.82) is 0 Å². The summed E-state index contributed by atoms with van der Waals surface area (Å²) in [5, 5.41) is 6.03. The predicted octanol–water partition coefficient (Wildman–Crippen LogP) is 3.11. The zero-order chi connectivity index (χ0) is 16.8. The number of anilines is 2. The van der Waals surface area contributed by atoms with Crippen molar-refractivity contribution in [2.24, 2.45) is 5.92 Å². The van der Waals surface area contributed by atoms with Crippen LogP contribution in [0.1, 0.15) is 30.2 Å². The summed E-state index contributed by atoms with van der Waals surface area (Å²) in [6, 6.07) is 8.90. The number of para-hydroxylation sites is 2. The molecule has 2 N–H and O–H groups in total. The Bertz CT molecular complexity index is 686. The summed E-state index contributed by atoms with van der Waals surface area (Å²) < 4.78 is 5.23. The molecule has 1 amide bonds. The molecular weight excluding hydrogens is 292 g/mol. The highest BCUT2D eigenvalue weighted by Gasteiger charge is 2.13. The number of hydrogen-bond acceptors (Lipinski definition) is 5. The summed E-state index contributed by atoms with van der Waals surface area (Å²) in [7, 11) is 1.56. The van der Waals surface area contributed by atoms with Gasteiger partial charge in [-0.15, -0.1) is 0 Å². The lowest BCUT2D eigenvalue weighted by Crippen LogP contribution is -2.17. The number of hydrogen-bond donors (Lipinski definition) is 2. The lowest BCUT2D eigenvalue weighted by molar-refractivity contribution is 0.102. The summed E-state index contributed by atoms with van der Waals surface area (Å²) in [5.41, 5.74) is 0.919. The largest absolute Gasteiger partial charge is 0.495 e. The number of nitrogens with zero attached hydrogens (tertiary/aromatic N) is 2. The number of aryl methyl sites for hydroxylation is 1. The second kappa shape index (κ2) is 7.58. The average molecular weight is 314 g/mol. The van der Waals surface area contributed by atoms with Gasteiger partial charge in [0.2, 0.25) is 0 Å². The maximum atomic E-state index is 12.4. The number of amides is 1. The van der Waals surface area contributed by atoms with E-state index in [4.69, 9.17) is 4.74 Å². The van der Waals surface area contributed by atoms with Crippen molar-refractivity contribution in [2.45, 2.75) is 20.8 Å². The van der Waals surface area contributed by atoms with Crippen molar-refractivity contribution < 1.29 is 9.53 Å². The van der Waals surface area contributed by atoms with Gasteiger partial charge in [-0.05, 0) is 25.0 Å². The summed E-state index contributed by atoms with van der Waals surface area (Å²) in [4.78, 5) is 21.0. The lowest BCUT2D eigenvalue weighted by atomic mass is 10.2. The van der Waals surface area contributed by atoms with Crippen LogP contribution < -0.4 is 15.4 Å². The van der Waals surface area contributed by atoms with Gasteiger partial charge in [-0.1, -0.05) is 26.0 Å². The summed E-state index contributed by atoms with van der Waals surface area (Å²) in [5.74, 6) is 1.98. The number of aromatic nitrogens is 2. The van der Waals surface area contributed by atoms with Crippen LogP contribution in [0, 0.1) is 12.8 Å². The van der Waals surface area contributed by atoms with Crippen LogP contribution in [0.15, 0.2) is 30.3 Å². The molecule has 1 aromatic carbocycles. The van der Waals surface area contributed by atoms with Gasteiger partial charge in [-0.25, -0.2) is 9.97 Å². The molecule has 122 valence electrons. The Morgan fingerprint density at radius 1 is 1.26 bits per heavy atom. The van der Waals surface area contributed by atoms with E-state index in [-0.39, 0.29) is 5.91 Å². The van der Waals surface area contributed by atoms with E-state index < -0.39 is 0 Å². The molecule has 0 radical (unpaired) electrons. The Labute approximate surface area is 136 Å². The third kappa shape index (κ3) is 4.67. The summed E-state index contributed by atoms with van der Waals surface area (Å²) in [6.07, 6.45) is 0. The van der Waals surface area contributed by atoms with E-state index in [1.54, 1.807) is 32.2 Å². The number of nitrogens with one attached hydrogen (secondary N) is 2. The van der Waals surface area contributed by atoms with Gasteiger partial charge in [0.05, 0.1) is 12.8 Å². The lowest BCUT2D eigenvalue weighted by Gasteiger charge is -2.12. The second-order valence-electron chi connectivity index (χ2n) is 5.61. The minimum atomic E-state index is -0.299. The molecule has 0 aliphatic carbocycles. The van der Waals surface area contributed by atoms with Crippen LogP contribution in [0.3, 0.4) is 0 Å². The number of carbonyl (C=O) groups excluding carboxylic acids is 1. The molecule has 0 spiro atoms. The molecule has 6 nitrogen and oxygen atoms in total. The van der Waals surface area contributed by atoms with Crippen LogP contribution in [0.4, 0.5) is 11.5 Å². The normalized spacial score (nSPS) is 10.5. The van der Waals surface area contributed by atoms with Crippen LogP contribution in [0.2, 0.25) is 0 Å². The number of benzene rings is 1. The molecule has 0 saturated carbocycles. The van der Waals surface area contributed by atoms with Gasteiger partial charge in [0.1, 0.15) is 23.1 Å². The Hall–Kier alpha value is -2.63. The van der Waals surface area contributed by atoms with Crippen molar-refractivity contribution in [3.05, 3.63) is 41.9 Å². The topological polar surface area (TPSA) is 76.1 Å². The van der Waals surface area contributed by atoms with Gasteiger partial charge >= 0.3 is 0 Å². The Morgan fingerprint density at radius 2 is 2.00 bits per heavy atom. The Balaban J connectivity index is 2.18. The Kier molecular flexibility index (Phi) is 5.51. The maximum absolute atomic E-state index is 12.4. The second-order valence-corrected chi connectivity index (χ2v) is 5.61. The van der Waals surface area contributed by atoms with Crippen LogP contribution in [0.25, 0.3) is 0 Å². The molecule has 0 fully saturated rings. The highest BCUT2D eigenvalue weighted by molar-refractivity contribution is 6.04. The van der Waals surface area contributed by atoms with Gasteiger partial charge in [0.15, 0.2) is 0 Å². The third-order valence-corrected chi connectivity index (χ3v) is 3.12. The molecule has 0 atom stereocenters. The van der Waals surface area contributed by atoms with E-state index in [1.165, 1.54) is 0 Å². The average Bonchev–Trinajstić information content (AvgIpc) is 2.53. The fraction of sp³-hybridized carbons (Fsp3) is 0.353. The SMILES string of the molecule is COc1ccccc1NC(=O)c1cc(NCC(C)C)nc(C)n1. The minimum absolute atomic E-state index is 0.299. The molecular formula is C17H22N4O2. The maximum Gasteiger partial charge on any atom is 0.274 e. The molecule has 1 heterocycles. The fourth-order valence-electron chi connectivity index (χ4n) is 2.02. The molecule has 2 rings (SSSR count). The van der Waals surface area contributed by atoms with Crippen molar-refractivity contribution in [2.75, 3.05) is 24.3 Å². The van der Waals surface area contributed by atoms with E-state index in [0.717, 1.165) is 6.54 Å². The molecule has 0 saturated heterocycles. The van der Waals surface area contributed by atoms with Crippen molar-refractivity contribution >= 4 is 17.4 Å². The number of carbonyl (C=O) groups is 1. The van der Waals surface area contributed by atoms with Crippen LogP contribution in [-0.4, -0.2) is 29.5 Å². The smallest absolute Gasteiger partial charge is 0.274 e. The van der Waals surface area contributed by atoms with E-state index in [0.29, 0.717) is 34.7 Å². The summed E-state index contributed by atoms with van der Waals surface area (Å²) >= 11 is 0. The van der Waals surface area contributed by atoms with Gasteiger partial charge in [-0.2, -0.15) is 0 Å². The van der Waals surface area contributed by atoms with Crippen molar-refractivity contribution in [3.8, 4) is 5.75 Å². The molecule has 1 aromatic heterocycles. The third-order valence-electron chi connectivity index (χ3n) is 3.12. The number of ether oxygens (including phenoxy) is 1. The zero-order valence-electron chi connectivity index (χ0n) is 13.9.